The number of carbonyl (C=O) groups is 1. The van der Waals surface area contributed by atoms with Crippen LogP contribution in [0.5, 0.6) is 0 Å². The predicted octanol–water partition coefficient (Wildman–Crippen LogP) is 3.88. The van der Waals surface area contributed by atoms with Crippen LogP contribution in [0.4, 0.5) is 0 Å². The lowest BCUT2D eigenvalue weighted by molar-refractivity contribution is 0.0911. The molecule has 1 N–H and O–H groups in total. The van der Waals surface area contributed by atoms with Gasteiger partial charge in [-0.2, -0.15) is 0 Å². The second kappa shape index (κ2) is 5.43. The van der Waals surface area contributed by atoms with Gasteiger partial charge in [0.1, 0.15) is 5.01 Å². The summed E-state index contributed by atoms with van der Waals surface area (Å²) in [5, 5.41) is 5.84. The average molecular weight is 339 g/mol. The minimum atomic E-state index is -0.472. The van der Waals surface area contributed by atoms with Crippen LogP contribution in [0.1, 0.15) is 34.8 Å². The topological polar surface area (TPSA) is 42.0 Å². The van der Waals surface area contributed by atoms with Gasteiger partial charge in [0.15, 0.2) is 0 Å². The molecule has 0 radical (unpaired) electrons. The van der Waals surface area contributed by atoms with E-state index in [1.165, 1.54) is 11.3 Å². The average Bonchev–Trinajstić information content (AvgIpc) is 2.86. The molecule has 0 bridgehead atoms. The number of aromatic nitrogens is 1. The van der Waals surface area contributed by atoms with Crippen LogP contribution < -0.4 is 5.32 Å². The number of rotatable bonds is 3. The molecule has 1 aromatic carbocycles. The van der Waals surface area contributed by atoms with Crippen molar-refractivity contribution in [3.05, 3.63) is 50.4 Å². The van der Waals surface area contributed by atoms with Gasteiger partial charge in [-0.1, -0.05) is 22.0 Å². The molecule has 0 unspecified atom stereocenters. The van der Waals surface area contributed by atoms with Gasteiger partial charge in [0.2, 0.25) is 0 Å². The van der Waals surface area contributed by atoms with Crippen molar-refractivity contribution in [1.82, 2.24) is 10.3 Å². The molecule has 100 valence electrons. The molecule has 0 aliphatic rings. The Balaban J connectivity index is 2.24. The molecular weight excluding hydrogens is 324 g/mol. The van der Waals surface area contributed by atoms with Gasteiger partial charge >= 0.3 is 0 Å². The summed E-state index contributed by atoms with van der Waals surface area (Å²) in [4.78, 5) is 16.6. The highest BCUT2D eigenvalue weighted by molar-refractivity contribution is 9.10. The molecule has 19 heavy (non-hydrogen) atoms. The molecule has 0 atom stereocenters. The highest BCUT2D eigenvalue weighted by Crippen LogP contribution is 2.24. The zero-order valence-electron chi connectivity index (χ0n) is 11.0. The van der Waals surface area contributed by atoms with Crippen molar-refractivity contribution in [3.63, 3.8) is 0 Å². The molecule has 0 aliphatic carbocycles. The van der Waals surface area contributed by atoms with Crippen LogP contribution in [0, 0.1) is 6.92 Å². The molecule has 1 aromatic heterocycles. The minimum Gasteiger partial charge on any atom is -0.341 e. The van der Waals surface area contributed by atoms with E-state index < -0.39 is 5.54 Å². The van der Waals surface area contributed by atoms with Crippen LogP contribution in [0.25, 0.3) is 0 Å². The van der Waals surface area contributed by atoms with Gasteiger partial charge in [-0.15, -0.1) is 11.3 Å². The molecule has 3 nitrogen and oxygen atoms in total. The number of hydrogen-bond donors (Lipinski definition) is 1. The largest absolute Gasteiger partial charge is 0.341 e. The van der Waals surface area contributed by atoms with E-state index in [0.29, 0.717) is 5.56 Å². The van der Waals surface area contributed by atoms with Gasteiger partial charge in [0.05, 0.1) is 5.54 Å². The molecule has 5 heteroatoms. The fourth-order valence-electron chi connectivity index (χ4n) is 1.79. The zero-order valence-corrected chi connectivity index (χ0v) is 13.4. The SMILES string of the molecule is Cc1c(Br)cccc1C(=O)NC(C)(C)c1nccs1. The summed E-state index contributed by atoms with van der Waals surface area (Å²) in [6.45, 7) is 5.84. The molecule has 1 heterocycles. The summed E-state index contributed by atoms with van der Waals surface area (Å²) in [6, 6.07) is 5.62. The van der Waals surface area contributed by atoms with Crippen molar-refractivity contribution in [2.24, 2.45) is 0 Å². The van der Waals surface area contributed by atoms with E-state index in [9.17, 15) is 4.79 Å². The van der Waals surface area contributed by atoms with Crippen LogP contribution >= 0.6 is 27.3 Å². The standard InChI is InChI=1S/C14H15BrN2OS/c1-9-10(5-4-6-11(9)15)12(18)17-14(2,3)13-16-7-8-19-13/h4-8H,1-3H3,(H,17,18). The third-order valence-electron chi connectivity index (χ3n) is 2.91. The lowest BCUT2D eigenvalue weighted by Crippen LogP contribution is -2.41. The number of carbonyl (C=O) groups excluding carboxylic acids is 1. The van der Waals surface area contributed by atoms with E-state index in [2.05, 4.69) is 26.2 Å². The maximum atomic E-state index is 12.4. The lowest BCUT2D eigenvalue weighted by atomic mass is 10.0. The number of nitrogens with zero attached hydrogens (tertiary/aromatic N) is 1. The van der Waals surface area contributed by atoms with Crippen molar-refractivity contribution >= 4 is 33.2 Å². The summed E-state index contributed by atoms with van der Waals surface area (Å²) in [5.74, 6) is -0.0843. The Kier molecular flexibility index (Phi) is 4.06. The van der Waals surface area contributed by atoms with Crippen molar-refractivity contribution in [2.45, 2.75) is 26.3 Å². The first-order chi connectivity index (χ1) is 8.92. The Morgan fingerprint density at radius 1 is 1.42 bits per heavy atom. The van der Waals surface area contributed by atoms with Gasteiger partial charge in [-0.3, -0.25) is 4.79 Å². The number of amides is 1. The Labute approximate surface area is 125 Å². The van der Waals surface area contributed by atoms with Crippen LogP contribution in [0.15, 0.2) is 34.2 Å². The fraction of sp³-hybridized carbons (Fsp3) is 0.286. The second-order valence-corrected chi connectivity index (χ2v) is 6.58. The fourth-order valence-corrected chi connectivity index (χ4v) is 2.87. The van der Waals surface area contributed by atoms with Crippen LogP contribution in [0.3, 0.4) is 0 Å². The highest BCUT2D eigenvalue weighted by atomic mass is 79.9. The predicted molar refractivity (Wildman–Crippen MR) is 81.5 cm³/mol. The molecule has 0 saturated heterocycles. The zero-order chi connectivity index (χ0) is 14.0. The summed E-state index contributed by atoms with van der Waals surface area (Å²) in [7, 11) is 0. The summed E-state index contributed by atoms with van der Waals surface area (Å²) in [5.41, 5.74) is 1.15. The number of nitrogens with one attached hydrogen (secondary N) is 1. The van der Waals surface area contributed by atoms with Crippen molar-refractivity contribution in [3.8, 4) is 0 Å². The van der Waals surface area contributed by atoms with E-state index in [1.807, 2.05) is 44.4 Å². The highest BCUT2D eigenvalue weighted by Gasteiger charge is 2.26. The Morgan fingerprint density at radius 2 is 2.16 bits per heavy atom. The van der Waals surface area contributed by atoms with E-state index in [-0.39, 0.29) is 5.91 Å². The third kappa shape index (κ3) is 3.04. The van der Waals surface area contributed by atoms with Crippen LogP contribution in [0.2, 0.25) is 0 Å². The number of thiazole rings is 1. The van der Waals surface area contributed by atoms with Gasteiger partial charge in [-0.25, -0.2) is 4.98 Å². The van der Waals surface area contributed by atoms with Gasteiger partial charge in [-0.05, 0) is 38.5 Å². The number of benzene rings is 1. The Bertz CT molecular complexity index is 593. The van der Waals surface area contributed by atoms with Gasteiger partial charge < -0.3 is 5.32 Å². The van der Waals surface area contributed by atoms with Crippen molar-refractivity contribution < 1.29 is 4.79 Å². The Morgan fingerprint density at radius 3 is 2.79 bits per heavy atom. The van der Waals surface area contributed by atoms with Gasteiger partial charge in [0.25, 0.3) is 5.91 Å². The molecule has 2 rings (SSSR count). The summed E-state index contributed by atoms with van der Waals surface area (Å²) in [6.07, 6.45) is 1.75. The molecule has 1 amide bonds. The molecule has 0 spiro atoms. The van der Waals surface area contributed by atoms with Crippen LogP contribution in [-0.4, -0.2) is 10.9 Å². The lowest BCUT2D eigenvalue weighted by Gasteiger charge is -2.24. The van der Waals surface area contributed by atoms with E-state index >= 15 is 0 Å². The first-order valence-corrected chi connectivity index (χ1v) is 7.56. The molecule has 0 saturated carbocycles. The third-order valence-corrected chi connectivity index (χ3v) is 4.86. The normalized spacial score (nSPS) is 11.4. The van der Waals surface area contributed by atoms with E-state index in [1.54, 1.807) is 6.20 Å². The number of halogens is 1. The molecule has 2 aromatic rings. The summed E-state index contributed by atoms with van der Waals surface area (Å²) >= 11 is 4.98. The first-order valence-electron chi connectivity index (χ1n) is 5.89. The van der Waals surface area contributed by atoms with Crippen molar-refractivity contribution in [2.75, 3.05) is 0 Å². The first kappa shape index (κ1) is 14.2. The van der Waals surface area contributed by atoms with Crippen LogP contribution in [-0.2, 0) is 5.54 Å². The van der Waals surface area contributed by atoms with E-state index in [4.69, 9.17) is 0 Å². The maximum Gasteiger partial charge on any atom is 0.252 e. The molecular formula is C14H15BrN2OS. The Hall–Kier alpha value is -1.20. The smallest absolute Gasteiger partial charge is 0.252 e. The monoisotopic (exact) mass is 338 g/mol. The minimum absolute atomic E-state index is 0.0843. The van der Waals surface area contributed by atoms with Crippen molar-refractivity contribution in [1.29, 1.82) is 0 Å². The molecule has 0 fully saturated rings. The van der Waals surface area contributed by atoms with E-state index in [0.717, 1.165) is 15.0 Å². The number of hydrogen-bond acceptors (Lipinski definition) is 3. The maximum absolute atomic E-state index is 12.4. The van der Waals surface area contributed by atoms with Gasteiger partial charge in [0, 0.05) is 21.6 Å². The molecule has 0 aliphatic heterocycles. The second-order valence-electron chi connectivity index (χ2n) is 4.83. The quantitative estimate of drug-likeness (QED) is 0.922. The summed E-state index contributed by atoms with van der Waals surface area (Å²) < 4.78 is 0.937.